The molecule has 0 saturated carbocycles. The van der Waals surface area contributed by atoms with Crippen LogP contribution >= 0.6 is 0 Å². The first-order chi connectivity index (χ1) is 17.2. The smallest absolute Gasteiger partial charge is 0.252 e. The molecule has 0 spiro atoms. The molecule has 0 amide bonds. The molecule has 10 nitrogen and oxygen atoms in total. The van der Waals surface area contributed by atoms with Crippen LogP contribution < -0.4 is 10.9 Å². The molecule has 2 N–H and O–H groups in total. The summed E-state index contributed by atoms with van der Waals surface area (Å²) in [5, 5.41) is 17.0. The maximum Gasteiger partial charge on any atom is 0.252 e. The molecular weight excluding hydrogens is 444 g/mol. The molecule has 0 aliphatic carbocycles. The zero-order chi connectivity index (χ0) is 24.0. The summed E-state index contributed by atoms with van der Waals surface area (Å²) < 4.78 is 7.30. The van der Waals surface area contributed by atoms with Crippen LogP contribution in [0.25, 0.3) is 10.9 Å². The number of hydrogen-bond donors (Lipinski definition) is 2. The SMILES string of the molecule is Cc1ccc2[nH]c(=O)c(CNC(Cc3nnnn3CCN3CCOCC3)c3cccnc3)cc2c1. The van der Waals surface area contributed by atoms with E-state index in [1.807, 2.05) is 48.1 Å². The highest BCUT2D eigenvalue weighted by molar-refractivity contribution is 5.79. The second-order valence-electron chi connectivity index (χ2n) is 8.91. The molecule has 1 atom stereocenters. The van der Waals surface area contributed by atoms with E-state index in [-0.39, 0.29) is 11.6 Å². The van der Waals surface area contributed by atoms with Gasteiger partial charge in [-0.25, -0.2) is 4.68 Å². The van der Waals surface area contributed by atoms with E-state index in [1.165, 1.54) is 0 Å². The number of tetrazole rings is 1. The number of morpholine rings is 1. The van der Waals surface area contributed by atoms with Crippen LogP contribution in [0.5, 0.6) is 0 Å². The van der Waals surface area contributed by atoms with Crippen LogP contribution in [0.1, 0.15) is 28.6 Å². The summed E-state index contributed by atoms with van der Waals surface area (Å²) in [4.78, 5) is 22.4. The van der Waals surface area contributed by atoms with Gasteiger partial charge >= 0.3 is 0 Å². The number of fused-ring (bicyclic) bond motifs is 1. The lowest BCUT2D eigenvalue weighted by Crippen LogP contribution is -2.38. The Kier molecular flexibility index (Phi) is 7.22. The maximum absolute atomic E-state index is 12.7. The minimum atomic E-state index is -0.107. The average molecular weight is 475 g/mol. The molecule has 3 aromatic heterocycles. The summed E-state index contributed by atoms with van der Waals surface area (Å²) >= 11 is 0. The van der Waals surface area contributed by atoms with Gasteiger partial charge in [0, 0.05) is 62.1 Å². The van der Waals surface area contributed by atoms with Gasteiger partial charge in [-0.1, -0.05) is 17.7 Å². The predicted octanol–water partition coefficient (Wildman–Crippen LogP) is 1.62. The normalized spacial score (nSPS) is 15.5. The zero-order valence-corrected chi connectivity index (χ0v) is 19.9. The van der Waals surface area contributed by atoms with Gasteiger partial charge < -0.3 is 15.0 Å². The topological polar surface area (TPSA) is 114 Å². The van der Waals surface area contributed by atoms with Crippen molar-refractivity contribution in [1.29, 1.82) is 0 Å². The van der Waals surface area contributed by atoms with Gasteiger partial charge in [0.15, 0.2) is 5.82 Å². The summed E-state index contributed by atoms with van der Waals surface area (Å²) in [6.45, 7) is 7.43. The lowest BCUT2D eigenvalue weighted by Gasteiger charge is -2.26. The largest absolute Gasteiger partial charge is 0.379 e. The predicted molar refractivity (Wildman–Crippen MR) is 132 cm³/mol. The quantitative estimate of drug-likeness (QED) is 0.376. The minimum absolute atomic E-state index is 0.0888. The van der Waals surface area contributed by atoms with E-state index >= 15 is 0 Å². The molecule has 0 bridgehead atoms. The van der Waals surface area contributed by atoms with Gasteiger partial charge in [-0.05, 0) is 52.6 Å². The van der Waals surface area contributed by atoms with Crippen molar-refractivity contribution in [1.82, 2.24) is 40.4 Å². The number of benzene rings is 1. The van der Waals surface area contributed by atoms with Crippen LogP contribution in [-0.4, -0.2) is 67.9 Å². The molecule has 1 unspecified atom stereocenters. The van der Waals surface area contributed by atoms with E-state index in [0.717, 1.165) is 60.7 Å². The molecule has 4 heterocycles. The van der Waals surface area contributed by atoms with Gasteiger partial charge in [-0.3, -0.25) is 14.7 Å². The van der Waals surface area contributed by atoms with Crippen LogP contribution in [0.4, 0.5) is 0 Å². The van der Waals surface area contributed by atoms with Gasteiger partial charge in [0.25, 0.3) is 5.56 Å². The molecule has 5 rings (SSSR count). The third-order valence-corrected chi connectivity index (χ3v) is 6.43. The first-order valence-electron chi connectivity index (χ1n) is 12.0. The summed E-state index contributed by atoms with van der Waals surface area (Å²) in [6.07, 6.45) is 4.17. The van der Waals surface area contributed by atoms with Crippen molar-refractivity contribution >= 4 is 10.9 Å². The molecule has 1 aromatic carbocycles. The van der Waals surface area contributed by atoms with E-state index in [4.69, 9.17) is 4.74 Å². The first kappa shape index (κ1) is 23.3. The highest BCUT2D eigenvalue weighted by atomic mass is 16.5. The van der Waals surface area contributed by atoms with E-state index in [2.05, 4.69) is 41.8 Å². The molecule has 1 aliphatic heterocycles. The number of nitrogens with zero attached hydrogens (tertiary/aromatic N) is 6. The van der Waals surface area contributed by atoms with Crippen molar-refractivity contribution in [3.63, 3.8) is 0 Å². The number of pyridine rings is 2. The third kappa shape index (κ3) is 5.79. The van der Waals surface area contributed by atoms with E-state index < -0.39 is 0 Å². The van der Waals surface area contributed by atoms with Crippen LogP contribution in [0, 0.1) is 6.92 Å². The van der Waals surface area contributed by atoms with Crippen LogP contribution in [0.15, 0.2) is 53.6 Å². The van der Waals surface area contributed by atoms with Gasteiger partial charge in [0.05, 0.1) is 19.8 Å². The van der Waals surface area contributed by atoms with E-state index in [9.17, 15) is 4.79 Å². The minimum Gasteiger partial charge on any atom is -0.379 e. The highest BCUT2D eigenvalue weighted by Gasteiger charge is 2.19. The summed E-state index contributed by atoms with van der Waals surface area (Å²) in [5.41, 5.74) is 3.61. The fourth-order valence-corrected chi connectivity index (χ4v) is 4.41. The van der Waals surface area contributed by atoms with Crippen LogP contribution in [0.3, 0.4) is 0 Å². The Hall–Kier alpha value is -3.47. The number of aromatic amines is 1. The lowest BCUT2D eigenvalue weighted by atomic mass is 10.0. The van der Waals surface area contributed by atoms with Crippen molar-refractivity contribution in [3.8, 4) is 0 Å². The maximum atomic E-state index is 12.7. The number of nitrogens with one attached hydrogen (secondary N) is 2. The Morgan fingerprint density at radius 3 is 2.89 bits per heavy atom. The van der Waals surface area contributed by atoms with E-state index in [1.54, 1.807) is 6.20 Å². The van der Waals surface area contributed by atoms with Gasteiger partial charge in [0.1, 0.15) is 0 Å². The Labute approximate surface area is 203 Å². The number of aryl methyl sites for hydroxylation is 1. The number of ether oxygens (including phenoxy) is 1. The molecule has 4 aromatic rings. The van der Waals surface area contributed by atoms with Crippen molar-refractivity contribution in [2.75, 3.05) is 32.8 Å². The van der Waals surface area contributed by atoms with Gasteiger partial charge in [-0.2, -0.15) is 0 Å². The van der Waals surface area contributed by atoms with Crippen molar-refractivity contribution in [2.24, 2.45) is 0 Å². The Balaban J connectivity index is 1.32. The highest BCUT2D eigenvalue weighted by Crippen LogP contribution is 2.18. The van der Waals surface area contributed by atoms with Crippen molar-refractivity contribution < 1.29 is 4.74 Å². The van der Waals surface area contributed by atoms with Gasteiger partial charge in [0.2, 0.25) is 0 Å². The molecule has 182 valence electrons. The number of rotatable bonds is 9. The second-order valence-corrected chi connectivity index (χ2v) is 8.91. The molecule has 0 radical (unpaired) electrons. The van der Waals surface area contributed by atoms with Gasteiger partial charge in [-0.15, -0.1) is 5.10 Å². The Bertz CT molecular complexity index is 1310. The fraction of sp³-hybridized carbons (Fsp3) is 0.400. The third-order valence-electron chi connectivity index (χ3n) is 6.43. The Morgan fingerprint density at radius 2 is 2.06 bits per heavy atom. The van der Waals surface area contributed by atoms with Crippen LogP contribution in [-0.2, 0) is 24.2 Å². The van der Waals surface area contributed by atoms with Crippen LogP contribution in [0.2, 0.25) is 0 Å². The average Bonchev–Trinajstić information content (AvgIpc) is 3.33. The zero-order valence-electron chi connectivity index (χ0n) is 19.9. The second kappa shape index (κ2) is 10.9. The summed E-state index contributed by atoms with van der Waals surface area (Å²) in [7, 11) is 0. The van der Waals surface area contributed by atoms with Crippen molar-refractivity contribution in [2.45, 2.75) is 32.5 Å². The monoisotopic (exact) mass is 474 g/mol. The molecule has 1 aliphatic rings. The Morgan fingerprint density at radius 1 is 1.17 bits per heavy atom. The first-order valence-corrected chi connectivity index (χ1v) is 12.0. The van der Waals surface area contributed by atoms with Crippen molar-refractivity contribution in [3.05, 3.63) is 81.7 Å². The summed E-state index contributed by atoms with van der Waals surface area (Å²) in [5.74, 6) is 0.794. The number of hydrogen-bond acceptors (Lipinski definition) is 8. The molecule has 10 heteroatoms. The molecular formula is C25H30N8O2. The summed E-state index contributed by atoms with van der Waals surface area (Å²) in [6, 6.07) is 11.8. The standard InChI is InChI=1S/C25H30N8O2/c1-18-4-5-22-20(13-18)14-21(25(34)28-22)17-27-23(19-3-2-6-26-16-19)15-24-29-30-31-33(24)8-7-32-9-11-35-12-10-32/h2-6,13-14,16,23,27H,7-12,15,17H2,1H3,(H,28,34). The van der Waals surface area contributed by atoms with E-state index in [0.29, 0.717) is 25.1 Å². The lowest BCUT2D eigenvalue weighted by molar-refractivity contribution is 0.0358. The molecule has 35 heavy (non-hydrogen) atoms. The fourth-order valence-electron chi connectivity index (χ4n) is 4.41. The molecule has 1 saturated heterocycles. The number of aromatic nitrogens is 6. The molecule has 1 fully saturated rings. The number of H-pyrrole nitrogens is 1.